The van der Waals surface area contributed by atoms with Gasteiger partial charge in [-0.3, -0.25) is 0 Å². The van der Waals surface area contributed by atoms with E-state index in [1.165, 1.54) is 7.05 Å². The molecule has 0 aliphatic rings. The van der Waals surface area contributed by atoms with E-state index in [-0.39, 0.29) is 11.3 Å². The smallest absolute Gasteiger partial charge is 0.435 e. The van der Waals surface area contributed by atoms with Crippen LogP contribution in [0.1, 0.15) is 11.3 Å². The molecule has 0 fully saturated rings. The van der Waals surface area contributed by atoms with Crippen LogP contribution >= 0.6 is 12.6 Å². The molecular formula is C6H7F3N2OS. The molecule has 0 amide bonds. The van der Waals surface area contributed by atoms with Crippen LogP contribution in [0.4, 0.5) is 13.2 Å². The number of aryl methyl sites for hydroxylation is 1. The maximum Gasteiger partial charge on any atom is 0.435 e. The molecule has 7 heteroatoms. The second-order valence-electron chi connectivity index (χ2n) is 2.43. The zero-order valence-electron chi connectivity index (χ0n) is 6.63. The van der Waals surface area contributed by atoms with Gasteiger partial charge in [-0.25, -0.2) is 4.68 Å². The van der Waals surface area contributed by atoms with E-state index in [1.54, 1.807) is 0 Å². The van der Waals surface area contributed by atoms with Crippen molar-refractivity contribution in [3.8, 4) is 5.88 Å². The van der Waals surface area contributed by atoms with Crippen LogP contribution < -0.4 is 0 Å². The van der Waals surface area contributed by atoms with Crippen LogP contribution in [0.5, 0.6) is 5.88 Å². The fourth-order valence-electron chi connectivity index (χ4n) is 0.932. The molecule has 0 unspecified atom stereocenters. The minimum absolute atomic E-state index is 0.200. The summed E-state index contributed by atoms with van der Waals surface area (Å²) in [6.07, 6.45) is -4.54. The minimum atomic E-state index is -4.54. The molecule has 13 heavy (non-hydrogen) atoms. The number of aromatic nitrogens is 2. The van der Waals surface area contributed by atoms with Gasteiger partial charge in [-0.05, 0) is 0 Å². The van der Waals surface area contributed by atoms with Crippen LogP contribution in [0, 0.1) is 0 Å². The summed E-state index contributed by atoms with van der Waals surface area (Å²) in [6, 6.07) is 0. The summed E-state index contributed by atoms with van der Waals surface area (Å²) in [4.78, 5) is 0. The Morgan fingerprint density at radius 3 is 2.38 bits per heavy atom. The molecule has 0 radical (unpaired) electrons. The van der Waals surface area contributed by atoms with E-state index in [1.807, 2.05) is 0 Å². The number of thiol groups is 1. The monoisotopic (exact) mass is 212 g/mol. The number of alkyl halides is 3. The summed E-state index contributed by atoms with van der Waals surface area (Å²) >= 11 is 3.68. The Bertz CT molecular complexity index is 320. The van der Waals surface area contributed by atoms with Crippen LogP contribution in [-0.2, 0) is 19.0 Å². The van der Waals surface area contributed by atoms with Gasteiger partial charge in [0.1, 0.15) is 0 Å². The average Bonchev–Trinajstić information content (AvgIpc) is 2.28. The first-order chi connectivity index (χ1) is 5.88. The molecule has 0 atom stereocenters. The molecule has 0 bridgehead atoms. The molecule has 3 nitrogen and oxygen atoms in total. The molecule has 0 aliphatic heterocycles. The molecule has 1 rings (SSSR count). The van der Waals surface area contributed by atoms with Gasteiger partial charge in [0.05, 0.1) is 5.56 Å². The van der Waals surface area contributed by atoms with E-state index in [9.17, 15) is 13.2 Å². The Morgan fingerprint density at radius 2 is 2.08 bits per heavy atom. The van der Waals surface area contributed by atoms with Crippen LogP contribution in [-0.4, -0.2) is 14.9 Å². The zero-order chi connectivity index (χ0) is 10.2. The van der Waals surface area contributed by atoms with Crippen LogP contribution in [0.3, 0.4) is 0 Å². The first-order valence-corrected chi connectivity index (χ1v) is 3.94. The predicted octanol–water partition coefficient (Wildman–Crippen LogP) is 1.57. The van der Waals surface area contributed by atoms with E-state index >= 15 is 0 Å². The maximum atomic E-state index is 12.2. The highest BCUT2D eigenvalue weighted by Gasteiger charge is 2.38. The van der Waals surface area contributed by atoms with Crippen molar-refractivity contribution in [2.45, 2.75) is 11.9 Å². The first kappa shape index (κ1) is 10.2. The Morgan fingerprint density at radius 1 is 1.54 bits per heavy atom. The van der Waals surface area contributed by atoms with Gasteiger partial charge in [-0.2, -0.15) is 30.9 Å². The number of aromatic hydroxyl groups is 1. The van der Waals surface area contributed by atoms with Crippen molar-refractivity contribution < 1.29 is 18.3 Å². The lowest BCUT2D eigenvalue weighted by molar-refractivity contribution is -0.141. The molecule has 0 saturated carbocycles. The maximum absolute atomic E-state index is 12.2. The number of hydrogen-bond acceptors (Lipinski definition) is 3. The fraction of sp³-hybridized carbons (Fsp3) is 0.500. The molecule has 1 heterocycles. The summed E-state index contributed by atoms with van der Waals surface area (Å²) in [5.41, 5.74) is -1.37. The van der Waals surface area contributed by atoms with E-state index in [0.29, 0.717) is 0 Å². The van der Waals surface area contributed by atoms with E-state index in [0.717, 1.165) is 4.68 Å². The van der Waals surface area contributed by atoms with Gasteiger partial charge in [0.15, 0.2) is 5.69 Å². The lowest BCUT2D eigenvalue weighted by atomic mass is 10.2. The number of nitrogens with zero attached hydrogens (tertiary/aromatic N) is 2. The molecule has 1 aromatic heterocycles. The van der Waals surface area contributed by atoms with Crippen molar-refractivity contribution in [1.82, 2.24) is 9.78 Å². The van der Waals surface area contributed by atoms with Gasteiger partial charge in [-0.15, -0.1) is 0 Å². The lowest BCUT2D eigenvalue weighted by Gasteiger charge is -2.03. The second-order valence-corrected chi connectivity index (χ2v) is 2.75. The summed E-state index contributed by atoms with van der Waals surface area (Å²) in [5.74, 6) is -0.698. The zero-order valence-corrected chi connectivity index (χ0v) is 7.52. The summed E-state index contributed by atoms with van der Waals surface area (Å²) in [6.45, 7) is 0. The number of hydrogen-bond donors (Lipinski definition) is 2. The number of rotatable bonds is 1. The van der Waals surface area contributed by atoms with Crippen molar-refractivity contribution in [3.05, 3.63) is 11.3 Å². The van der Waals surface area contributed by atoms with Gasteiger partial charge < -0.3 is 5.11 Å². The summed E-state index contributed by atoms with van der Waals surface area (Å²) in [7, 11) is 1.23. The van der Waals surface area contributed by atoms with Crippen LogP contribution in [0.15, 0.2) is 0 Å². The van der Waals surface area contributed by atoms with Crippen molar-refractivity contribution in [3.63, 3.8) is 0 Å². The standard InChI is InChI=1S/C6H7F3N2OS/c1-11-5(12)3(2-13)4(10-11)6(7,8)9/h12-13H,2H2,1H3. The molecular weight excluding hydrogens is 205 g/mol. The van der Waals surface area contributed by atoms with E-state index in [2.05, 4.69) is 17.7 Å². The second kappa shape index (κ2) is 3.13. The first-order valence-electron chi connectivity index (χ1n) is 3.30. The van der Waals surface area contributed by atoms with E-state index in [4.69, 9.17) is 5.11 Å². The Kier molecular flexibility index (Phi) is 2.47. The van der Waals surface area contributed by atoms with Crippen LogP contribution in [0.25, 0.3) is 0 Å². The Hall–Kier alpha value is -0.850. The SMILES string of the molecule is Cn1nc(C(F)(F)F)c(CS)c1O. The molecule has 1 aromatic rings. The summed E-state index contributed by atoms with van der Waals surface area (Å²) in [5, 5.41) is 12.3. The molecule has 1 N–H and O–H groups in total. The molecule has 0 spiro atoms. The fourth-order valence-corrected chi connectivity index (χ4v) is 1.22. The normalized spacial score (nSPS) is 12.1. The highest BCUT2D eigenvalue weighted by atomic mass is 32.1. The molecule has 0 aromatic carbocycles. The molecule has 74 valence electrons. The Labute approximate surface area is 77.6 Å². The van der Waals surface area contributed by atoms with E-state index < -0.39 is 17.8 Å². The average molecular weight is 212 g/mol. The van der Waals surface area contributed by atoms with Crippen molar-refractivity contribution in [1.29, 1.82) is 0 Å². The van der Waals surface area contributed by atoms with Crippen LogP contribution in [0.2, 0.25) is 0 Å². The predicted molar refractivity (Wildman–Crippen MR) is 42.6 cm³/mol. The van der Waals surface area contributed by atoms with Gasteiger partial charge in [-0.1, -0.05) is 0 Å². The largest absolute Gasteiger partial charge is 0.493 e. The molecule has 0 saturated heterocycles. The summed E-state index contributed by atoms with van der Waals surface area (Å²) < 4.78 is 37.4. The van der Waals surface area contributed by atoms with Gasteiger partial charge in [0, 0.05) is 12.8 Å². The lowest BCUT2D eigenvalue weighted by Crippen LogP contribution is -2.08. The van der Waals surface area contributed by atoms with Gasteiger partial charge in [0.2, 0.25) is 5.88 Å². The highest BCUT2D eigenvalue weighted by Crippen LogP contribution is 2.35. The quantitative estimate of drug-likeness (QED) is 0.693. The third-order valence-corrected chi connectivity index (χ3v) is 1.86. The van der Waals surface area contributed by atoms with Crippen molar-refractivity contribution in [2.24, 2.45) is 7.05 Å². The van der Waals surface area contributed by atoms with Crippen molar-refractivity contribution >= 4 is 12.6 Å². The third-order valence-electron chi connectivity index (χ3n) is 1.54. The highest BCUT2D eigenvalue weighted by molar-refractivity contribution is 7.79. The topological polar surface area (TPSA) is 38.0 Å². The minimum Gasteiger partial charge on any atom is -0.493 e. The number of halogens is 3. The van der Waals surface area contributed by atoms with Crippen molar-refractivity contribution in [2.75, 3.05) is 0 Å². The third kappa shape index (κ3) is 1.74. The van der Waals surface area contributed by atoms with Gasteiger partial charge in [0.25, 0.3) is 0 Å². The van der Waals surface area contributed by atoms with Gasteiger partial charge >= 0.3 is 6.18 Å². The molecule has 0 aliphatic carbocycles. The Balaban J connectivity index is 3.30.